The van der Waals surface area contributed by atoms with Crippen LogP contribution in [0, 0.1) is 12.8 Å². The number of nitrogens with zero attached hydrogens (tertiary/aromatic N) is 2. The van der Waals surface area contributed by atoms with E-state index in [2.05, 4.69) is 34.3 Å². The molecule has 6 heteroatoms. The highest BCUT2D eigenvalue weighted by Gasteiger charge is 2.17. The molecule has 0 aliphatic heterocycles. The summed E-state index contributed by atoms with van der Waals surface area (Å²) in [5, 5.41) is 13.4. The van der Waals surface area contributed by atoms with Crippen molar-refractivity contribution < 1.29 is 4.79 Å². The first-order valence-electron chi connectivity index (χ1n) is 7.25. The number of carbonyl (C=O) groups is 1. The highest BCUT2D eigenvalue weighted by atomic mass is 32.1. The largest absolute Gasteiger partial charge is 0.358 e. The molecule has 0 atom stereocenters. The first-order chi connectivity index (χ1) is 10.5. The van der Waals surface area contributed by atoms with Crippen molar-refractivity contribution in [3.63, 3.8) is 0 Å². The van der Waals surface area contributed by atoms with E-state index in [-0.39, 0.29) is 5.91 Å². The molecule has 0 aliphatic carbocycles. The minimum atomic E-state index is -0.151. The highest BCUT2D eigenvalue weighted by Crippen LogP contribution is 2.24. The third-order valence-corrected chi connectivity index (χ3v) is 4.25. The Morgan fingerprint density at radius 1 is 1.32 bits per heavy atom. The van der Waals surface area contributed by atoms with Gasteiger partial charge in [0.1, 0.15) is 5.01 Å². The molecule has 0 spiro atoms. The fraction of sp³-hybridized carbons (Fsp3) is 0.312. The number of aryl methyl sites for hydroxylation is 1. The van der Waals surface area contributed by atoms with Crippen molar-refractivity contribution in [1.29, 1.82) is 0 Å². The standard InChI is InChI=1S/C16H18N4OS/c1-9(2)8-13-19-20-16(22-13)18-15(21)14-10(3)17-12-7-5-4-6-11(12)14/h4-7,9,17H,8H2,1-3H3,(H,18,20,21). The molecule has 3 rings (SSSR count). The molecule has 2 N–H and O–H groups in total. The second kappa shape index (κ2) is 5.88. The van der Waals surface area contributed by atoms with Crippen molar-refractivity contribution in [3.8, 4) is 0 Å². The van der Waals surface area contributed by atoms with Gasteiger partial charge in [-0.2, -0.15) is 0 Å². The van der Waals surface area contributed by atoms with E-state index in [1.54, 1.807) is 0 Å². The number of hydrogen-bond acceptors (Lipinski definition) is 4. The van der Waals surface area contributed by atoms with E-state index in [0.717, 1.165) is 28.0 Å². The summed E-state index contributed by atoms with van der Waals surface area (Å²) in [4.78, 5) is 15.8. The number of nitrogens with one attached hydrogen (secondary N) is 2. The number of aromatic amines is 1. The van der Waals surface area contributed by atoms with Crippen molar-refractivity contribution >= 4 is 33.3 Å². The minimum absolute atomic E-state index is 0.151. The highest BCUT2D eigenvalue weighted by molar-refractivity contribution is 7.15. The summed E-state index contributed by atoms with van der Waals surface area (Å²) in [5.41, 5.74) is 2.48. The Kier molecular flexibility index (Phi) is 3.94. The van der Waals surface area contributed by atoms with Gasteiger partial charge in [0.25, 0.3) is 5.91 Å². The number of benzene rings is 1. The van der Waals surface area contributed by atoms with Gasteiger partial charge in [0.05, 0.1) is 5.56 Å². The van der Waals surface area contributed by atoms with Crippen LogP contribution < -0.4 is 5.32 Å². The van der Waals surface area contributed by atoms with Crippen LogP contribution in [0.15, 0.2) is 24.3 Å². The Labute approximate surface area is 132 Å². The van der Waals surface area contributed by atoms with E-state index in [1.165, 1.54) is 11.3 Å². The number of aromatic nitrogens is 3. The van der Waals surface area contributed by atoms with Gasteiger partial charge in [0.15, 0.2) is 0 Å². The molecule has 0 saturated carbocycles. The number of anilines is 1. The molecule has 0 radical (unpaired) electrons. The van der Waals surface area contributed by atoms with E-state index in [9.17, 15) is 4.79 Å². The molecule has 0 unspecified atom stereocenters. The fourth-order valence-electron chi connectivity index (χ4n) is 2.46. The van der Waals surface area contributed by atoms with E-state index in [0.29, 0.717) is 16.6 Å². The van der Waals surface area contributed by atoms with Crippen LogP contribution >= 0.6 is 11.3 Å². The molecule has 1 amide bonds. The van der Waals surface area contributed by atoms with Crippen LogP contribution in [0.2, 0.25) is 0 Å². The summed E-state index contributed by atoms with van der Waals surface area (Å²) in [6.07, 6.45) is 0.875. The van der Waals surface area contributed by atoms with E-state index < -0.39 is 0 Å². The van der Waals surface area contributed by atoms with Gasteiger partial charge in [-0.1, -0.05) is 43.4 Å². The van der Waals surface area contributed by atoms with Gasteiger partial charge in [-0.3, -0.25) is 10.1 Å². The number of H-pyrrole nitrogens is 1. The maximum atomic E-state index is 12.5. The molecule has 2 aromatic heterocycles. The quantitative estimate of drug-likeness (QED) is 0.770. The van der Waals surface area contributed by atoms with Gasteiger partial charge >= 0.3 is 0 Å². The zero-order valence-corrected chi connectivity index (χ0v) is 13.6. The normalized spacial score (nSPS) is 11.3. The smallest absolute Gasteiger partial charge is 0.259 e. The van der Waals surface area contributed by atoms with Crippen LogP contribution in [0.4, 0.5) is 5.13 Å². The fourth-order valence-corrected chi connectivity index (χ4v) is 3.41. The summed E-state index contributed by atoms with van der Waals surface area (Å²) in [5.74, 6) is 0.370. The number of hydrogen-bond donors (Lipinski definition) is 2. The van der Waals surface area contributed by atoms with Crippen molar-refractivity contribution in [3.05, 3.63) is 40.5 Å². The first-order valence-corrected chi connectivity index (χ1v) is 8.07. The summed E-state index contributed by atoms with van der Waals surface area (Å²) < 4.78 is 0. The van der Waals surface area contributed by atoms with Gasteiger partial charge in [-0.15, -0.1) is 10.2 Å². The van der Waals surface area contributed by atoms with Crippen molar-refractivity contribution in [2.24, 2.45) is 5.92 Å². The molecule has 1 aromatic carbocycles. The Balaban J connectivity index is 1.84. The summed E-state index contributed by atoms with van der Waals surface area (Å²) in [6.45, 7) is 6.17. The molecule has 0 saturated heterocycles. The van der Waals surface area contributed by atoms with Gasteiger partial charge < -0.3 is 4.98 Å². The second-order valence-corrected chi connectivity index (χ2v) is 6.79. The van der Waals surface area contributed by atoms with Crippen molar-refractivity contribution in [2.45, 2.75) is 27.2 Å². The van der Waals surface area contributed by atoms with Gasteiger partial charge in [0.2, 0.25) is 5.13 Å². The summed E-state index contributed by atoms with van der Waals surface area (Å²) in [6, 6.07) is 7.78. The van der Waals surface area contributed by atoms with E-state index in [4.69, 9.17) is 0 Å². The van der Waals surface area contributed by atoms with E-state index >= 15 is 0 Å². The molecule has 114 valence electrons. The topological polar surface area (TPSA) is 70.7 Å². The number of para-hydroxylation sites is 1. The van der Waals surface area contributed by atoms with Crippen LogP contribution in [-0.4, -0.2) is 21.1 Å². The van der Waals surface area contributed by atoms with Gasteiger partial charge in [-0.05, 0) is 18.9 Å². The van der Waals surface area contributed by atoms with Crippen LogP contribution in [0.25, 0.3) is 10.9 Å². The summed E-state index contributed by atoms with van der Waals surface area (Å²) in [7, 11) is 0. The van der Waals surface area contributed by atoms with Crippen LogP contribution in [0.1, 0.15) is 34.9 Å². The van der Waals surface area contributed by atoms with Crippen molar-refractivity contribution in [1.82, 2.24) is 15.2 Å². The zero-order valence-electron chi connectivity index (χ0n) is 12.8. The third kappa shape index (κ3) is 2.87. The van der Waals surface area contributed by atoms with Gasteiger partial charge in [-0.25, -0.2) is 0 Å². The number of carbonyl (C=O) groups excluding carboxylic acids is 1. The Bertz CT molecular complexity index is 819. The molecule has 5 nitrogen and oxygen atoms in total. The predicted molar refractivity (Wildman–Crippen MR) is 89.4 cm³/mol. The molecular formula is C16H18N4OS. The lowest BCUT2D eigenvalue weighted by Crippen LogP contribution is -2.12. The molecule has 0 fully saturated rings. The summed E-state index contributed by atoms with van der Waals surface area (Å²) >= 11 is 1.43. The monoisotopic (exact) mass is 314 g/mol. The maximum Gasteiger partial charge on any atom is 0.259 e. The lowest BCUT2D eigenvalue weighted by molar-refractivity contribution is 0.102. The number of fused-ring (bicyclic) bond motifs is 1. The van der Waals surface area contributed by atoms with Crippen LogP contribution in [0.5, 0.6) is 0 Å². The minimum Gasteiger partial charge on any atom is -0.358 e. The average Bonchev–Trinajstić information content (AvgIpc) is 3.01. The third-order valence-electron chi connectivity index (χ3n) is 3.39. The Morgan fingerprint density at radius 3 is 2.86 bits per heavy atom. The Morgan fingerprint density at radius 2 is 2.09 bits per heavy atom. The number of amides is 1. The molecule has 2 heterocycles. The Hall–Kier alpha value is -2.21. The zero-order chi connectivity index (χ0) is 15.7. The van der Waals surface area contributed by atoms with Crippen LogP contribution in [0.3, 0.4) is 0 Å². The van der Waals surface area contributed by atoms with Crippen molar-refractivity contribution in [2.75, 3.05) is 5.32 Å². The first kappa shape index (κ1) is 14.7. The average molecular weight is 314 g/mol. The second-order valence-electron chi connectivity index (χ2n) is 5.72. The molecule has 3 aromatic rings. The SMILES string of the molecule is Cc1[nH]c2ccccc2c1C(=O)Nc1nnc(CC(C)C)s1. The van der Waals surface area contributed by atoms with Gasteiger partial charge in [0, 0.05) is 23.0 Å². The number of rotatable bonds is 4. The molecular weight excluding hydrogens is 296 g/mol. The van der Waals surface area contributed by atoms with E-state index in [1.807, 2.05) is 31.2 Å². The molecule has 0 aliphatic rings. The van der Waals surface area contributed by atoms with Crippen LogP contribution in [-0.2, 0) is 6.42 Å². The predicted octanol–water partition coefficient (Wildman–Crippen LogP) is 3.78. The molecule has 0 bridgehead atoms. The molecule has 22 heavy (non-hydrogen) atoms. The lowest BCUT2D eigenvalue weighted by Gasteiger charge is -2.01. The lowest BCUT2D eigenvalue weighted by atomic mass is 10.1. The maximum absolute atomic E-state index is 12.5.